The maximum Gasteiger partial charge on any atom is 0.247 e. The van der Waals surface area contributed by atoms with E-state index in [1.54, 1.807) is 53.5 Å². The Morgan fingerprint density at radius 3 is 2.05 bits per heavy atom. The SMILES string of the molecule is C=CCOc1ccc([C@@H](C(=O)NC(C)(C)C)N(Cc2ccccc2)C(=O)/C=C/c2ccc(OCC=C)c(OCC=C)c2)cc1. The summed E-state index contributed by atoms with van der Waals surface area (Å²) in [6.07, 6.45) is 8.13. The van der Waals surface area contributed by atoms with Gasteiger partial charge < -0.3 is 24.4 Å². The smallest absolute Gasteiger partial charge is 0.247 e. The molecule has 3 rings (SSSR count). The predicted octanol–water partition coefficient (Wildman–Crippen LogP) is 7.08. The van der Waals surface area contributed by atoms with Crippen molar-refractivity contribution in [2.45, 2.75) is 38.9 Å². The molecule has 44 heavy (non-hydrogen) atoms. The molecule has 0 aromatic heterocycles. The molecule has 0 unspecified atom stereocenters. The highest BCUT2D eigenvalue weighted by Crippen LogP contribution is 2.30. The third kappa shape index (κ3) is 10.3. The molecule has 0 radical (unpaired) electrons. The Hall–Kier alpha value is -5.04. The Morgan fingerprint density at radius 2 is 1.43 bits per heavy atom. The van der Waals surface area contributed by atoms with E-state index in [9.17, 15) is 9.59 Å². The third-order valence-electron chi connectivity index (χ3n) is 6.20. The lowest BCUT2D eigenvalue weighted by Crippen LogP contribution is -2.48. The number of carbonyl (C=O) groups is 2. The summed E-state index contributed by atoms with van der Waals surface area (Å²) in [4.78, 5) is 29.5. The Balaban J connectivity index is 2.02. The first-order valence-corrected chi connectivity index (χ1v) is 14.4. The number of ether oxygens (including phenoxy) is 3. The molecule has 1 N–H and O–H groups in total. The zero-order chi connectivity index (χ0) is 32.0. The molecule has 0 aliphatic heterocycles. The standard InChI is InChI=1S/C37H42N2O5/c1-7-23-42-31-19-17-30(18-20-31)35(36(41)38-37(4,5)6)39(27-29-13-11-10-12-14-29)34(40)22-16-28-15-21-32(43-24-8-2)33(26-28)44-25-9-3/h7-22,26,35H,1-3,23-25,27H2,4-6H3,(H,38,41)/b22-16+/t35-/m0/s1. The number of carbonyl (C=O) groups excluding carboxylic acids is 2. The highest BCUT2D eigenvalue weighted by Gasteiger charge is 2.32. The van der Waals surface area contributed by atoms with Crippen LogP contribution in [0.5, 0.6) is 17.2 Å². The van der Waals surface area contributed by atoms with Gasteiger partial charge in [0.2, 0.25) is 11.8 Å². The Morgan fingerprint density at radius 1 is 0.818 bits per heavy atom. The van der Waals surface area contributed by atoms with E-state index >= 15 is 0 Å². The highest BCUT2D eigenvalue weighted by atomic mass is 16.5. The van der Waals surface area contributed by atoms with Gasteiger partial charge in [0, 0.05) is 18.2 Å². The Bertz CT molecular complexity index is 1440. The van der Waals surface area contributed by atoms with Crippen LogP contribution >= 0.6 is 0 Å². The van der Waals surface area contributed by atoms with Crippen molar-refractivity contribution in [3.05, 3.63) is 134 Å². The van der Waals surface area contributed by atoms with Gasteiger partial charge in [0.15, 0.2) is 11.5 Å². The maximum atomic E-state index is 14.0. The van der Waals surface area contributed by atoms with Crippen LogP contribution in [-0.4, -0.2) is 42.1 Å². The van der Waals surface area contributed by atoms with Gasteiger partial charge in [-0.25, -0.2) is 0 Å². The second-order valence-corrected chi connectivity index (χ2v) is 11.0. The van der Waals surface area contributed by atoms with Crippen molar-refractivity contribution in [1.29, 1.82) is 0 Å². The zero-order valence-corrected chi connectivity index (χ0v) is 25.8. The van der Waals surface area contributed by atoms with E-state index in [-0.39, 0.29) is 18.4 Å². The van der Waals surface area contributed by atoms with Gasteiger partial charge in [-0.2, -0.15) is 0 Å². The van der Waals surface area contributed by atoms with Crippen molar-refractivity contribution in [2.24, 2.45) is 0 Å². The summed E-state index contributed by atoms with van der Waals surface area (Å²) in [5.74, 6) is 1.08. The van der Waals surface area contributed by atoms with E-state index in [0.717, 1.165) is 11.1 Å². The van der Waals surface area contributed by atoms with E-state index < -0.39 is 11.6 Å². The zero-order valence-electron chi connectivity index (χ0n) is 25.8. The van der Waals surface area contributed by atoms with Gasteiger partial charge in [0.05, 0.1) is 0 Å². The molecule has 230 valence electrons. The molecule has 0 bridgehead atoms. The number of hydrogen-bond acceptors (Lipinski definition) is 5. The Kier molecular flexibility index (Phi) is 12.6. The Labute approximate surface area is 261 Å². The highest BCUT2D eigenvalue weighted by molar-refractivity contribution is 5.96. The van der Waals surface area contributed by atoms with Gasteiger partial charge in [-0.3, -0.25) is 9.59 Å². The number of nitrogens with zero attached hydrogens (tertiary/aromatic N) is 1. The number of rotatable bonds is 16. The van der Waals surface area contributed by atoms with Crippen LogP contribution in [0.1, 0.15) is 43.5 Å². The van der Waals surface area contributed by atoms with E-state index in [1.165, 1.54) is 6.08 Å². The van der Waals surface area contributed by atoms with Crippen LogP contribution in [0.2, 0.25) is 0 Å². The van der Waals surface area contributed by atoms with Crippen LogP contribution in [0, 0.1) is 0 Å². The summed E-state index contributed by atoms with van der Waals surface area (Å²) >= 11 is 0. The van der Waals surface area contributed by atoms with E-state index in [1.807, 2.05) is 69.3 Å². The molecule has 3 aromatic rings. The van der Waals surface area contributed by atoms with Gasteiger partial charge in [-0.05, 0) is 67.8 Å². The molecule has 0 saturated heterocycles. The number of hydrogen-bond donors (Lipinski definition) is 1. The number of amides is 2. The fourth-order valence-electron chi connectivity index (χ4n) is 4.31. The van der Waals surface area contributed by atoms with Crippen molar-refractivity contribution in [3.8, 4) is 17.2 Å². The third-order valence-corrected chi connectivity index (χ3v) is 6.20. The average Bonchev–Trinajstić information content (AvgIpc) is 3.01. The molecule has 0 heterocycles. The molecule has 0 fully saturated rings. The van der Waals surface area contributed by atoms with Gasteiger partial charge in [-0.15, -0.1) is 0 Å². The van der Waals surface area contributed by atoms with Crippen molar-refractivity contribution in [1.82, 2.24) is 10.2 Å². The van der Waals surface area contributed by atoms with Crippen molar-refractivity contribution < 1.29 is 23.8 Å². The monoisotopic (exact) mass is 594 g/mol. The van der Waals surface area contributed by atoms with Gasteiger partial charge in [0.25, 0.3) is 0 Å². The van der Waals surface area contributed by atoms with E-state index in [2.05, 4.69) is 25.1 Å². The second kappa shape index (κ2) is 16.6. The summed E-state index contributed by atoms with van der Waals surface area (Å²) in [6.45, 7) is 18.0. The van der Waals surface area contributed by atoms with Crippen LogP contribution in [0.25, 0.3) is 6.08 Å². The van der Waals surface area contributed by atoms with Gasteiger partial charge in [0.1, 0.15) is 31.6 Å². The summed E-state index contributed by atoms with van der Waals surface area (Å²) in [5.41, 5.74) is 1.75. The first-order chi connectivity index (χ1) is 21.1. The molecule has 0 spiro atoms. The van der Waals surface area contributed by atoms with E-state index in [4.69, 9.17) is 14.2 Å². The van der Waals surface area contributed by atoms with Crippen molar-refractivity contribution in [3.63, 3.8) is 0 Å². The van der Waals surface area contributed by atoms with Crippen molar-refractivity contribution in [2.75, 3.05) is 19.8 Å². The van der Waals surface area contributed by atoms with Gasteiger partial charge in [-0.1, -0.05) is 86.5 Å². The molecule has 0 saturated carbocycles. The largest absolute Gasteiger partial charge is 0.490 e. The molecule has 7 nitrogen and oxygen atoms in total. The van der Waals surface area contributed by atoms with E-state index in [0.29, 0.717) is 42.6 Å². The summed E-state index contributed by atoms with van der Waals surface area (Å²) in [5, 5.41) is 3.06. The second-order valence-electron chi connectivity index (χ2n) is 11.0. The summed E-state index contributed by atoms with van der Waals surface area (Å²) in [6, 6.07) is 21.3. The lowest BCUT2D eigenvalue weighted by molar-refractivity contribution is -0.138. The van der Waals surface area contributed by atoms with Crippen molar-refractivity contribution >= 4 is 17.9 Å². The maximum absolute atomic E-state index is 14.0. The normalized spacial score (nSPS) is 11.7. The molecule has 7 heteroatoms. The molecule has 0 aliphatic carbocycles. The predicted molar refractivity (Wildman–Crippen MR) is 177 cm³/mol. The summed E-state index contributed by atoms with van der Waals surface area (Å²) < 4.78 is 17.1. The number of benzene rings is 3. The quantitative estimate of drug-likeness (QED) is 0.142. The van der Waals surface area contributed by atoms with Crippen LogP contribution in [-0.2, 0) is 16.1 Å². The number of nitrogens with one attached hydrogen (secondary N) is 1. The lowest BCUT2D eigenvalue weighted by atomic mass is 10.0. The molecule has 2 amide bonds. The molecule has 1 atom stereocenters. The molecular weight excluding hydrogens is 552 g/mol. The minimum absolute atomic E-state index is 0.211. The summed E-state index contributed by atoms with van der Waals surface area (Å²) in [7, 11) is 0. The molecule has 0 aliphatic rings. The van der Waals surface area contributed by atoms with Crippen LogP contribution in [0.3, 0.4) is 0 Å². The first kappa shape index (κ1) is 33.5. The fraction of sp³-hybridized carbons (Fsp3) is 0.243. The minimum Gasteiger partial charge on any atom is -0.490 e. The van der Waals surface area contributed by atoms with Crippen LogP contribution in [0.15, 0.2) is 117 Å². The fourth-order valence-corrected chi connectivity index (χ4v) is 4.31. The minimum atomic E-state index is -0.916. The van der Waals surface area contributed by atoms with Gasteiger partial charge >= 0.3 is 0 Å². The lowest BCUT2D eigenvalue weighted by Gasteiger charge is -2.33. The first-order valence-electron chi connectivity index (χ1n) is 14.4. The molecule has 3 aromatic carbocycles. The molecular formula is C37H42N2O5. The average molecular weight is 595 g/mol. The van der Waals surface area contributed by atoms with Crippen LogP contribution in [0.4, 0.5) is 0 Å². The topological polar surface area (TPSA) is 77.1 Å². The van der Waals surface area contributed by atoms with Crippen LogP contribution < -0.4 is 19.5 Å².